The number of amides is 1. The van der Waals surface area contributed by atoms with Crippen molar-refractivity contribution in [3.63, 3.8) is 0 Å². The fraction of sp³-hybridized carbons (Fsp3) is 0.471. The maximum Gasteiger partial charge on any atom is 0.226 e. The number of anilines is 2. The smallest absolute Gasteiger partial charge is 0.226 e. The van der Waals surface area contributed by atoms with E-state index in [0.717, 1.165) is 50.6 Å². The fourth-order valence-electron chi connectivity index (χ4n) is 3.61. The maximum absolute atomic E-state index is 12.9. The molecule has 0 saturated carbocycles. The molecule has 0 spiro atoms. The van der Waals surface area contributed by atoms with Gasteiger partial charge in [0, 0.05) is 32.1 Å². The lowest BCUT2D eigenvalue weighted by atomic mass is 9.93. The third kappa shape index (κ3) is 2.96. The van der Waals surface area contributed by atoms with E-state index in [-0.39, 0.29) is 5.92 Å². The van der Waals surface area contributed by atoms with Gasteiger partial charge in [-0.2, -0.15) is 0 Å². The van der Waals surface area contributed by atoms with Crippen LogP contribution < -0.4 is 10.6 Å². The second-order valence-corrected chi connectivity index (χ2v) is 7.45. The van der Waals surface area contributed by atoms with Crippen molar-refractivity contribution in [2.24, 2.45) is 5.92 Å². The molecule has 0 atom stereocenters. The van der Waals surface area contributed by atoms with E-state index in [9.17, 15) is 4.79 Å². The highest BCUT2D eigenvalue weighted by atomic mass is 32.1. The van der Waals surface area contributed by atoms with Crippen LogP contribution in [0.25, 0.3) is 0 Å². The van der Waals surface area contributed by atoms with E-state index >= 15 is 0 Å². The van der Waals surface area contributed by atoms with Gasteiger partial charge in [0.15, 0.2) is 0 Å². The van der Waals surface area contributed by atoms with Crippen molar-refractivity contribution in [2.75, 3.05) is 30.3 Å². The second-order valence-electron chi connectivity index (χ2n) is 6.46. The number of nitrogens with two attached hydrogens (primary N) is 1. The first kappa shape index (κ1) is 15.4. The largest absolute Gasteiger partial charge is 0.374 e. The molecule has 7 heteroatoms. The summed E-state index contributed by atoms with van der Waals surface area (Å²) in [6.07, 6.45) is 2.71. The first-order chi connectivity index (χ1) is 11.7. The van der Waals surface area contributed by atoms with Crippen LogP contribution in [0.5, 0.6) is 0 Å². The summed E-state index contributed by atoms with van der Waals surface area (Å²) in [6.45, 7) is 3.27. The summed E-state index contributed by atoms with van der Waals surface area (Å²) in [5, 5.41) is 9.33. The molecule has 1 fully saturated rings. The van der Waals surface area contributed by atoms with E-state index < -0.39 is 0 Å². The van der Waals surface area contributed by atoms with Crippen LogP contribution in [0.15, 0.2) is 24.3 Å². The number of hydrogen-bond donors (Lipinski definition) is 1. The number of rotatable bonds is 2. The van der Waals surface area contributed by atoms with Crippen molar-refractivity contribution in [1.82, 2.24) is 15.1 Å². The number of nitrogens with zero attached hydrogens (tertiary/aromatic N) is 4. The Kier molecular flexibility index (Phi) is 4.10. The van der Waals surface area contributed by atoms with Crippen molar-refractivity contribution < 1.29 is 4.79 Å². The molecule has 1 amide bonds. The average Bonchev–Trinajstić information content (AvgIpc) is 3.07. The van der Waals surface area contributed by atoms with Gasteiger partial charge in [0.05, 0.1) is 0 Å². The van der Waals surface area contributed by atoms with Crippen LogP contribution in [-0.4, -0.2) is 40.6 Å². The van der Waals surface area contributed by atoms with Crippen LogP contribution in [0, 0.1) is 5.92 Å². The average molecular weight is 343 g/mol. The summed E-state index contributed by atoms with van der Waals surface area (Å²) in [5.74, 6) is 0.428. The number of benzene rings is 1. The molecular formula is C17H21N5OS. The Labute approximate surface area is 145 Å². The van der Waals surface area contributed by atoms with Gasteiger partial charge >= 0.3 is 0 Å². The Morgan fingerprint density at radius 3 is 2.58 bits per heavy atom. The van der Waals surface area contributed by atoms with E-state index in [1.807, 2.05) is 4.90 Å². The van der Waals surface area contributed by atoms with Gasteiger partial charge in [0.1, 0.15) is 0 Å². The summed E-state index contributed by atoms with van der Waals surface area (Å²) >= 11 is 1.41. The van der Waals surface area contributed by atoms with Crippen molar-refractivity contribution in [2.45, 2.75) is 25.8 Å². The molecule has 126 valence electrons. The van der Waals surface area contributed by atoms with Gasteiger partial charge < -0.3 is 15.5 Å². The van der Waals surface area contributed by atoms with E-state index in [0.29, 0.717) is 11.0 Å². The lowest BCUT2D eigenvalue weighted by molar-refractivity contribution is -0.137. The Morgan fingerprint density at radius 1 is 1.12 bits per heavy atom. The van der Waals surface area contributed by atoms with Gasteiger partial charge in [0.2, 0.25) is 16.2 Å². The zero-order valence-electron chi connectivity index (χ0n) is 13.5. The van der Waals surface area contributed by atoms with Gasteiger partial charge in [-0.05, 0) is 30.4 Å². The van der Waals surface area contributed by atoms with Gasteiger partial charge in [-0.3, -0.25) is 4.79 Å². The topological polar surface area (TPSA) is 75.3 Å². The van der Waals surface area contributed by atoms with Crippen LogP contribution in [0.1, 0.15) is 24.0 Å². The van der Waals surface area contributed by atoms with E-state index in [4.69, 9.17) is 5.73 Å². The molecule has 6 nitrogen and oxygen atoms in total. The molecule has 1 aromatic heterocycles. The first-order valence-corrected chi connectivity index (χ1v) is 9.22. The molecule has 4 rings (SSSR count). The Balaban J connectivity index is 1.37. The third-order valence-electron chi connectivity index (χ3n) is 4.99. The number of nitrogen functional groups attached to an aromatic ring is 1. The molecule has 2 aromatic rings. The molecular weight excluding hydrogens is 322 g/mol. The molecule has 0 bridgehead atoms. The lowest BCUT2D eigenvalue weighted by Gasteiger charge is -2.35. The zero-order valence-corrected chi connectivity index (χ0v) is 14.3. The molecule has 3 heterocycles. The molecule has 0 radical (unpaired) electrons. The Hall–Kier alpha value is -2.15. The van der Waals surface area contributed by atoms with Crippen LogP contribution in [0.4, 0.5) is 10.3 Å². The standard InChI is InChI=1S/C17H21N5OS/c18-16-19-20-17(24-16)21-8-6-13(7-9-21)15(23)22-10-5-12-3-1-2-4-14(12)11-22/h1-4,13H,5-11H2,(H2,18,19). The van der Waals surface area contributed by atoms with Gasteiger partial charge in [-0.15, -0.1) is 10.2 Å². The minimum Gasteiger partial charge on any atom is -0.374 e. The summed E-state index contributed by atoms with van der Waals surface area (Å²) < 4.78 is 0. The zero-order chi connectivity index (χ0) is 16.5. The van der Waals surface area contributed by atoms with E-state index in [1.54, 1.807) is 0 Å². The van der Waals surface area contributed by atoms with Crippen molar-refractivity contribution in [3.05, 3.63) is 35.4 Å². The summed E-state index contributed by atoms with van der Waals surface area (Å²) in [4.78, 5) is 17.1. The minimum absolute atomic E-state index is 0.122. The molecule has 2 aliphatic heterocycles. The van der Waals surface area contributed by atoms with Crippen molar-refractivity contribution in [3.8, 4) is 0 Å². The van der Waals surface area contributed by atoms with Crippen LogP contribution in [0.2, 0.25) is 0 Å². The normalized spacial score (nSPS) is 18.5. The minimum atomic E-state index is 0.122. The predicted octanol–water partition coefficient (Wildman–Crippen LogP) is 1.92. The van der Waals surface area contributed by atoms with Gasteiger partial charge in [0.25, 0.3) is 0 Å². The second kappa shape index (κ2) is 6.39. The lowest BCUT2D eigenvalue weighted by Crippen LogP contribution is -2.44. The molecule has 1 saturated heterocycles. The van der Waals surface area contributed by atoms with Crippen LogP contribution >= 0.6 is 11.3 Å². The molecule has 24 heavy (non-hydrogen) atoms. The monoisotopic (exact) mass is 343 g/mol. The molecule has 2 aliphatic rings. The highest BCUT2D eigenvalue weighted by molar-refractivity contribution is 7.18. The van der Waals surface area contributed by atoms with Crippen LogP contribution in [-0.2, 0) is 17.8 Å². The van der Waals surface area contributed by atoms with Crippen LogP contribution in [0.3, 0.4) is 0 Å². The van der Waals surface area contributed by atoms with E-state index in [1.165, 1.54) is 22.5 Å². The number of fused-ring (bicyclic) bond motifs is 1. The van der Waals surface area contributed by atoms with Gasteiger partial charge in [-0.25, -0.2) is 0 Å². The quantitative estimate of drug-likeness (QED) is 0.902. The number of carbonyl (C=O) groups excluding carboxylic acids is 1. The van der Waals surface area contributed by atoms with Crippen molar-refractivity contribution in [1.29, 1.82) is 0 Å². The van der Waals surface area contributed by atoms with Gasteiger partial charge in [-0.1, -0.05) is 35.6 Å². The number of hydrogen-bond acceptors (Lipinski definition) is 6. The Bertz CT molecular complexity index is 738. The molecule has 0 aliphatic carbocycles. The molecule has 2 N–H and O–H groups in total. The first-order valence-electron chi connectivity index (χ1n) is 8.40. The van der Waals surface area contributed by atoms with E-state index in [2.05, 4.69) is 39.4 Å². The number of piperidine rings is 1. The highest BCUT2D eigenvalue weighted by Crippen LogP contribution is 2.29. The summed E-state index contributed by atoms with van der Waals surface area (Å²) in [7, 11) is 0. The predicted molar refractivity (Wildman–Crippen MR) is 94.8 cm³/mol. The third-order valence-corrected chi connectivity index (χ3v) is 5.80. The summed E-state index contributed by atoms with van der Waals surface area (Å²) in [6, 6.07) is 8.44. The molecule has 0 unspecified atom stereocenters. The maximum atomic E-state index is 12.9. The number of aromatic nitrogens is 2. The molecule has 1 aromatic carbocycles. The highest BCUT2D eigenvalue weighted by Gasteiger charge is 2.31. The fourth-order valence-corrected chi connectivity index (χ4v) is 4.28. The summed E-state index contributed by atoms with van der Waals surface area (Å²) in [5.41, 5.74) is 8.33. The SMILES string of the molecule is Nc1nnc(N2CCC(C(=O)N3CCc4ccccc4C3)CC2)s1. The number of carbonyl (C=O) groups is 1. The Morgan fingerprint density at radius 2 is 1.88 bits per heavy atom. The van der Waals surface area contributed by atoms with Crippen molar-refractivity contribution >= 4 is 27.5 Å².